The molecule has 0 aliphatic heterocycles. The third-order valence-electron chi connectivity index (χ3n) is 4.06. The largest absolute Gasteiger partial charge is 0.481 e. The van der Waals surface area contributed by atoms with Gasteiger partial charge in [0, 0.05) is 23.6 Å². The van der Waals surface area contributed by atoms with Crippen molar-refractivity contribution >= 4 is 35.0 Å². The molecule has 0 aliphatic carbocycles. The van der Waals surface area contributed by atoms with Crippen molar-refractivity contribution in [1.29, 1.82) is 0 Å². The van der Waals surface area contributed by atoms with Crippen LogP contribution in [0.4, 0.5) is 5.69 Å². The number of anilines is 1. The van der Waals surface area contributed by atoms with E-state index in [4.69, 9.17) is 16.3 Å². The number of rotatable bonds is 7. The van der Waals surface area contributed by atoms with Gasteiger partial charge in [0.1, 0.15) is 5.75 Å². The van der Waals surface area contributed by atoms with E-state index in [1.54, 1.807) is 31.2 Å². The van der Waals surface area contributed by atoms with Crippen LogP contribution in [0.3, 0.4) is 0 Å². The molecule has 0 radical (unpaired) electrons. The third kappa shape index (κ3) is 7.46. The highest BCUT2D eigenvalue weighted by molar-refractivity contribution is 6.30. The van der Waals surface area contributed by atoms with E-state index in [-0.39, 0.29) is 18.7 Å². The van der Waals surface area contributed by atoms with Crippen LogP contribution in [0.1, 0.15) is 30.9 Å². The Labute approximate surface area is 174 Å². The molecule has 8 heteroatoms. The van der Waals surface area contributed by atoms with Gasteiger partial charge >= 0.3 is 0 Å². The average Bonchev–Trinajstić information content (AvgIpc) is 2.68. The van der Waals surface area contributed by atoms with Gasteiger partial charge in [0.25, 0.3) is 5.91 Å². The van der Waals surface area contributed by atoms with Gasteiger partial charge in [0.2, 0.25) is 11.8 Å². The Balaban J connectivity index is 1.70. The van der Waals surface area contributed by atoms with Crippen LogP contribution >= 0.6 is 11.6 Å². The molecule has 0 aromatic heterocycles. The van der Waals surface area contributed by atoms with Gasteiger partial charge in [-0.1, -0.05) is 29.3 Å². The monoisotopic (exact) mass is 417 g/mol. The summed E-state index contributed by atoms with van der Waals surface area (Å²) in [5.74, 6) is -0.801. The molecule has 2 aromatic rings. The van der Waals surface area contributed by atoms with Crippen LogP contribution in [-0.4, -0.2) is 23.8 Å². The number of hydrogen-bond acceptors (Lipinski definition) is 4. The highest BCUT2D eigenvalue weighted by Gasteiger charge is 2.16. The highest BCUT2D eigenvalue weighted by Crippen LogP contribution is 2.17. The Hall–Kier alpha value is -3.06. The van der Waals surface area contributed by atoms with Gasteiger partial charge < -0.3 is 10.1 Å². The highest BCUT2D eigenvalue weighted by atomic mass is 35.5. The van der Waals surface area contributed by atoms with Crippen molar-refractivity contribution in [3.8, 4) is 5.75 Å². The number of aryl methyl sites for hydroxylation is 2. The molecule has 3 N–H and O–H groups in total. The molecule has 0 spiro atoms. The van der Waals surface area contributed by atoms with E-state index in [1.807, 2.05) is 32.0 Å². The van der Waals surface area contributed by atoms with Gasteiger partial charge in [-0.2, -0.15) is 0 Å². The standard InChI is InChI=1S/C21H24ClN3O4/c1-13-4-9-18(14(2)12-13)23-19(26)10-11-20(27)24-25-21(28)15(3)29-17-7-5-16(22)6-8-17/h4-9,12,15H,10-11H2,1-3H3,(H,23,26)(H,24,27)(H,25,28). The Bertz CT molecular complexity index is 884. The molecule has 0 heterocycles. The maximum atomic E-state index is 12.0. The molecule has 7 nitrogen and oxygen atoms in total. The molecule has 1 unspecified atom stereocenters. The fourth-order valence-corrected chi connectivity index (χ4v) is 2.59. The summed E-state index contributed by atoms with van der Waals surface area (Å²) in [5, 5.41) is 3.33. The predicted molar refractivity (Wildman–Crippen MR) is 112 cm³/mol. The summed E-state index contributed by atoms with van der Waals surface area (Å²) in [6.45, 7) is 5.42. The van der Waals surface area contributed by atoms with E-state index in [2.05, 4.69) is 16.2 Å². The summed E-state index contributed by atoms with van der Waals surface area (Å²) in [7, 11) is 0. The fourth-order valence-electron chi connectivity index (χ4n) is 2.46. The van der Waals surface area contributed by atoms with E-state index >= 15 is 0 Å². The molecule has 0 fully saturated rings. The summed E-state index contributed by atoms with van der Waals surface area (Å²) < 4.78 is 5.46. The average molecular weight is 418 g/mol. The Morgan fingerprint density at radius 3 is 2.28 bits per heavy atom. The molecule has 29 heavy (non-hydrogen) atoms. The lowest BCUT2D eigenvalue weighted by Crippen LogP contribution is -2.47. The minimum absolute atomic E-state index is 0.00809. The van der Waals surface area contributed by atoms with Crippen LogP contribution in [0.15, 0.2) is 42.5 Å². The van der Waals surface area contributed by atoms with Crippen LogP contribution in [-0.2, 0) is 14.4 Å². The molecule has 0 saturated carbocycles. The molecule has 1 atom stereocenters. The van der Waals surface area contributed by atoms with Crippen LogP contribution in [0.25, 0.3) is 0 Å². The smallest absolute Gasteiger partial charge is 0.279 e. The summed E-state index contributed by atoms with van der Waals surface area (Å²) >= 11 is 5.80. The van der Waals surface area contributed by atoms with E-state index in [1.165, 1.54) is 0 Å². The number of hydrogen-bond donors (Lipinski definition) is 3. The van der Waals surface area contributed by atoms with E-state index in [0.29, 0.717) is 16.5 Å². The Kier molecular flexibility index (Phi) is 8.03. The minimum atomic E-state index is -0.829. The molecule has 0 aliphatic rings. The predicted octanol–water partition coefficient (Wildman–Crippen LogP) is 3.29. The fraction of sp³-hybridized carbons (Fsp3) is 0.286. The topological polar surface area (TPSA) is 96.5 Å². The Morgan fingerprint density at radius 1 is 0.966 bits per heavy atom. The summed E-state index contributed by atoms with van der Waals surface area (Å²) in [4.78, 5) is 35.9. The molecule has 3 amide bonds. The zero-order valence-electron chi connectivity index (χ0n) is 16.5. The van der Waals surface area contributed by atoms with Crippen LogP contribution in [0, 0.1) is 13.8 Å². The quantitative estimate of drug-likeness (QED) is 0.602. The maximum absolute atomic E-state index is 12.0. The van der Waals surface area contributed by atoms with E-state index < -0.39 is 17.9 Å². The summed E-state index contributed by atoms with van der Waals surface area (Å²) in [6, 6.07) is 12.3. The molecule has 2 aromatic carbocycles. The van der Waals surface area contributed by atoms with Crippen molar-refractivity contribution < 1.29 is 19.1 Å². The SMILES string of the molecule is Cc1ccc(NC(=O)CCC(=O)NNC(=O)C(C)Oc2ccc(Cl)cc2)c(C)c1. The van der Waals surface area contributed by atoms with Gasteiger partial charge in [0.15, 0.2) is 6.10 Å². The molecular formula is C21H24ClN3O4. The third-order valence-corrected chi connectivity index (χ3v) is 4.31. The van der Waals surface area contributed by atoms with Gasteiger partial charge in [-0.15, -0.1) is 0 Å². The lowest BCUT2D eigenvalue weighted by atomic mass is 10.1. The number of carbonyl (C=O) groups is 3. The van der Waals surface area contributed by atoms with Gasteiger partial charge in [0.05, 0.1) is 0 Å². The van der Waals surface area contributed by atoms with Crippen molar-refractivity contribution in [3.05, 3.63) is 58.6 Å². The van der Waals surface area contributed by atoms with E-state index in [9.17, 15) is 14.4 Å². The maximum Gasteiger partial charge on any atom is 0.279 e. The number of hydrazine groups is 1. The van der Waals surface area contributed by atoms with Gasteiger partial charge in [-0.25, -0.2) is 0 Å². The van der Waals surface area contributed by atoms with Crippen molar-refractivity contribution in [1.82, 2.24) is 10.9 Å². The number of nitrogens with one attached hydrogen (secondary N) is 3. The van der Waals surface area contributed by atoms with Gasteiger partial charge in [-0.05, 0) is 56.7 Å². The van der Waals surface area contributed by atoms with Gasteiger partial charge in [-0.3, -0.25) is 25.2 Å². The first-order valence-electron chi connectivity index (χ1n) is 9.12. The van der Waals surface area contributed by atoms with Crippen LogP contribution < -0.4 is 20.9 Å². The first-order valence-corrected chi connectivity index (χ1v) is 9.50. The Morgan fingerprint density at radius 2 is 1.62 bits per heavy atom. The van der Waals surface area contributed by atoms with Crippen molar-refractivity contribution in [2.45, 2.75) is 39.7 Å². The number of amides is 3. The second kappa shape index (κ2) is 10.5. The molecule has 0 saturated heterocycles. The number of halogens is 1. The molecule has 0 bridgehead atoms. The van der Waals surface area contributed by atoms with Crippen molar-refractivity contribution in [3.63, 3.8) is 0 Å². The van der Waals surface area contributed by atoms with Crippen molar-refractivity contribution in [2.75, 3.05) is 5.32 Å². The second-order valence-electron chi connectivity index (χ2n) is 6.62. The minimum Gasteiger partial charge on any atom is -0.481 e. The number of ether oxygens (including phenoxy) is 1. The lowest BCUT2D eigenvalue weighted by molar-refractivity contribution is -0.133. The summed E-state index contributed by atoms with van der Waals surface area (Å²) in [6.07, 6.45) is -0.903. The normalized spacial score (nSPS) is 11.3. The molecule has 2 rings (SSSR count). The lowest BCUT2D eigenvalue weighted by Gasteiger charge is -2.15. The molecule has 154 valence electrons. The summed E-state index contributed by atoms with van der Waals surface area (Å²) in [5.41, 5.74) is 7.32. The first-order chi connectivity index (χ1) is 13.7. The van der Waals surface area contributed by atoms with Crippen LogP contribution in [0.2, 0.25) is 5.02 Å². The first kappa shape index (κ1) is 22.2. The van der Waals surface area contributed by atoms with Crippen molar-refractivity contribution in [2.24, 2.45) is 0 Å². The van der Waals surface area contributed by atoms with E-state index in [0.717, 1.165) is 11.1 Å². The number of carbonyl (C=O) groups excluding carboxylic acids is 3. The molecular weight excluding hydrogens is 394 g/mol. The zero-order chi connectivity index (χ0) is 21.4. The number of benzene rings is 2. The van der Waals surface area contributed by atoms with Crippen LogP contribution in [0.5, 0.6) is 5.75 Å². The zero-order valence-corrected chi connectivity index (χ0v) is 17.3. The second-order valence-corrected chi connectivity index (χ2v) is 7.05.